The summed E-state index contributed by atoms with van der Waals surface area (Å²) in [6.07, 6.45) is 2.79. The Morgan fingerprint density at radius 1 is 1.47 bits per heavy atom. The summed E-state index contributed by atoms with van der Waals surface area (Å²) in [6.45, 7) is 9.76. The minimum atomic E-state index is 0.388. The Labute approximate surface area is 94.2 Å². The van der Waals surface area contributed by atoms with Gasteiger partial charge in [0.1, 0.15) is 0 Å². The lowest BCUT2D eigenvalue weighted by atomic mass is 10.1. The highest BCUT2D eigenvalue weighted by Gasteiger charge is 2.29. The first-order chi connectivity index (χ1) is 7.22. The smallest absolute Gasteiger partial charge is 0.0674 e. The summed E-state index contributed by atoms with van der Waals surface area (Å²) in [7, 11) is 2.04. The van der Waals surface area contributed by atoms with Crippen LogP contribution in [0.3, 0.4) is 0 Å². The summed E-state index contributed by atoms with van der Waals surface area (Å²) in [5, 5.41) is 3.29. The van der Waals surface area contributed by atoms with Gasteiger partial charge in [0, 0.05) is 25.2 Å². The molecule has 0 aromatic rings. The molecule has 1 aliphatic heterocycles. The minimum absolute atomic E-state index is 0.388. The summed E-state index contributed by atoms with van der Waals surface area (Å²) in [5.74, 6) is 0. The van der Waals surface area contributed by atoms with E-state index < -0.39 is 0 Å². The van der Waals surface area contributed by atoms with Crippen molar-refractivity contribution in [3.8, 4) is 0 Å². The van der Waals surface area contributed by atoms with Crippen molar-refractivity contribution in [1.29, 1.82) is 0 Å². The van der Waals surface area contributed by atoms with Crippen LogP contribution in [0, 0.1) is 0 Å². The Hall–Kier alpha value is -0.120. The molecule has 0 aliphatic carbocycles. The predicted molar refractivity (Wildman–Crippen MR) is 64.2 cm³/mol. The first kappa shape index (κ1) is 12.9. The van der Waals surface area contributed by atoms with Crippen LogP contribution >= 0.6 is 0 Å². The SMILES string of the molecule is CCC(CNC)N1CC(C)OCC1CC. The highest BCUT2D eigenvalue weighted by molar-refractivity contribution is 4.83. The Balaban J connectivity index is 2.59. The molecule has 3 atom stereocenters. The van der Waals surface area contributed by atoms with Crippen LogP contribution in [-0.2, 0) is 4.74 Å². The summed E-state index contributed by atoms with van der Waals surface area (Å²) in [5.41, 5.74) is 0. The van der Waals surface area contributed by atoms with E-state index in [1.807, 2.05) is 7.05 Å². The van der Waals surface area contributed by atoms with E-state index in [4.69, 9.17) is 4.74 Å². The highest BCUT2D eigenvalue weighted by atomic mass is 16.5. The molecule has 90 valence electrons. The molecule has 0 amide bonds. The molecule has 15 heavy (non-hydrogen) atoms. The quantitative estimate of drug-likeness (QED) is 0.750. The Bertz CT molecular complexity index is 175. The number of nitrogens with zero attached hydrogens (tertiary/aromatic N) is 1. The molecular formula is C12H26N2O. The zero-order chi connectivity index (χ0) is 11.3. The van der Waals surface area contributed by atoms with Crippen molar-refractivity contribution in [2.45, 2.75) is 51.8 Å². The molecule has 0 aromatic heterocycles. The number of rotatable bonds is 5. The summed E-state index contributed by atoms with van der Waals surface area (Å²) < 4.78 is 5.72. The van der Waals surface area contributed by atoms with Crippen molar-refractivity contribution < 1.29 is 4.74 Å². The van der Waals surface area contributed by atoms with Crippen molar-refractivity contribution >= 4 is 0 Å². The molecule has 3 heteroatoms. The maximum atomic E-state index is 5.72. The molecule has 0 bridgehead atoms. The number of ether oxygens (including phenoxy) is 1. The monoisotopic (exact) mass is 214 g/mol. The lowest BCUT2D eigenvalue weighted by Gasteiger charge is -2.43. The van der Waals surface area contributed by atoms with E-state index in [-0.39, 0.29) is 0 Å². The molecule has 1 heterocycles. The topological polar surface area (TPSA) is 24.5 Å². The first-order valence-electron chi connectivity index (χ1n) is 6.24. The fourth-order valence-corrected chi connectivity index (χ4v) is 2.40. The third-order valence-corrected chi connectivity index (χ3v) is 3.36. The van der Waals surface area contributed by atoms with Gasteiger partial charge in [0.2, 0.25) is 0 Å². The van der Waals surface area contributed by atoms with E-state index in [0.717, 1.165) is 19.7 Å². The Kier molecular flexibility index (Phi) is 5.58. The maximum Gasteiger partial charge on any atom is 0.0674 e. The lowest BCUT2D eigenvalue weighted by molar-refractivity contribution is -0.0724. The fourth-order valence-electron chi connectivity index (χ4n) is 2.40. The van der Waals surface area contributed by atoms with Gasteiger partial charge in [-0.05, 0) is 26.8 Å². The fraction of sp³-hybridized carbons (Fsp3) is 1.00. The maximum absolute atomic E-state index is 5.72. The minimum Gasteiger partial charge on any atom is -0.376 e. The standard InChI is InChI=1S/C12H26N2O/c1-5-11(7-13-4)14-8-10(3)15-9-12(14)6-2/h10-13H,5-9H2,1-4H3. The van der Waals surface area contributed by atoms with Gasteiger partial charge in [-0.3, -0.25) is 4.90 Å². The molecule has 1 rings (SSSR count). The molecule has 1 aliphatic rings. The molecular weight excluding hydrogens is 188 g/mol. The number of hydrogen-bond donors (Lipinski definition) is 1. The summed E-state index contributed by atoms with van der Waals surface area (Å²) in [6, 6.07) is 1.27. The summed E-state index contributed by atoms with van der Waals surface area (Å²) >= 11 is 0. The van der Waals surface area contributed by atoms with E-state index >= 15 is 0 Å². The van der Waals surface area contributed by atoms with E-state index in [2.05, 4.69) is 31.0 Å². The van der Waals surface area contributed by atoms with E-state index in [1.54, 1.807) is 0 Å². The van der Waals surface area contributed by atoms with Gasteiger partial charge in [-0.25, -0.2) is 0 Å². The molecule has 1 fully saturated rings. The Morgan fingerprint density at radius 2 is 2.20 bits per heavy atom. The highest BCUT2D eigenvalue weighted by Crippen LogP contribution is 2.18. The van der Waals surface area contributed by atoms with Gasteiger partial charge >= 0.3 is 0 Å². The average Bonchev–Trinajstić information content (AvgIpc) is 2.26. The lowest BCUT2D eigenvalue weighted by Crippen LogP contribution is -2.55. The predicted octanol–water partition coefficient (Wildman–Crippen LogP) is 1.48. The van der Waals surface area contributed by atoms with Crippen LogP contribution in [0.1, 0.15) is 33.6 Å². The van der Waals surface area contributed by atoms with Gasteiger partial charge in [-0.1, -0.05) is 13.8 Å². The van der Waals surface area contributed by atoms with E-state index in [9.17, 15) is 0 Å². The van der Waals surface area contributed by atoms with Crippen molar-refractivity contribution in [2.75, 3.05) is 26.7 Å². The average molecular weight is 214 g/mol. The van der Waals surface area contributed by atoms with E-state index in [0.29, 0.717) is 18.2 Å². The molecule has 0 aromatic carbocycles. The molecule has 1 saturated heterocycles. The second-order valence-electron chi connectivity index (χ2n) is 4.52. The van der Waals surface area contributed by atoms with Crippen LogP contribution in [-0.4, -0.2) is 49.8 Å². The van der Waals surface area contributed by atoms with Gasteiger partial charge in [-0.2, -0.15) is 0 Å². The van der Waals surface area contributed by atoms with Crippen molar-refractivity contribution in [2.24, 2.45) is 0 Å². The first-order valence-corrected chi connectivity index (χ1v) is 6.24. The van der Waals surface area contributed by atoms with Gasteiger partial charge in [0.25, 0.3) is 0 Å². The zero-order valence-electron chi connectivity index (χ0n) is 10.6. The van der Waals surface area contributed by atoms with Crippen LogP contribution in [0.4, 0.5) is 0 Å². The van der Waals surface area contributed by atoms with Crippen LogP contribution < -0.4 is 5.32 Å². The second-order valence-corrected chi connectivity index (χ2v) is 4.52. The van der Waals surface area contributed by atoms with Gasteiger partial charge in [0.15, 0.2) is 0 Å². The van der Waals surface area contributed by atoms with Gasteiger partial charge < -0.3 is 10.1 Å². The largest absolute Gasteiger partial charge is 0.376 e. The zero-order valence-corrected chi connectivity index (χ0v) is 10.6. The number of likely N-dealkylation sites (N-methyl/N-ethyl adjacent to an activating group) is 1. The van der Waals surface area contributed by atoms with Crippen molar-refractivity contribution in [1.82, 2.24) is 10.2 Å². The normalized spacial score (nSPS) is 30.4. The molecule has 3 nitrogen and oxygen atoms in total. The second kappa shape index (κ2) is 6.46. The van der Waals surface area contributed by atoms with Crippen LogP contribution in [0.25, 0.3) is 0 Å². The molecule has 1 N–H and O–H groups in total. The van der Waals surface area contributed by atoms with Gasteiger partial charge in [0.05, 0.1) is 12.7 Å². The third-order valence-electron chi connectivity index (χ3n) is 3.36. The van der Waals surface area contributed by atoms with E-state index in [1.165, 1.54) is 12.8 Å². The molecule has 3 unspecified atom stereocenters. The molecule has 0 radical (unpaired) electrons. The number of nitrogens with one attached hydrogen (secondary N) is 1. The number of morpholine rings is 1. The Morgan fingerprint density at radius 3 is 2.73 bits per heavy atom. The molecule has 0 saturated carbocycles. The van der Waals surface area contributed by atoms with Crippen molar-refractivity contribution in [3.63, 3.8) is 0 Å². The van der Waals surface area contributed by atoms with Crippen LogP contribution in [0.15, 0.2) is 0 Å². The van der Waals surface area contributed by atoms with Crippen LogP contribution in [0.2, 0.25) is 0 Å². The van der Waals surface area contributed by atoms with Crippen molar-refractivity contribution in [3.05, 3.63) is 0 Å². The van der Waals surface area contributed by atoms with Gasteiger partial charge in [-0.15, -0.1) is 0 Å². The molecule has 0 spiro atoms. The summed E-state index contributed by atoms with van der Waals surface area (Å²) in [4.78, 5) is 2.63. The third kappa shape index (κ3) is 3.44. The number of hydrogen-bond acceptors (Lipinski definition) is 3. The van der Waals surface area contributed by atoms with Crippen LogP contribution in [0.5, 0.6) is 0 Å².